The first-order valence-corrected chi connectivity index (χ1v) is 10.7. The number of amides is 1. The van der Waals surface area contributed by atoms with Crippen LogP contribution < -0.4 is 10.5 Å². The predicted molar refractivity (Wildman–Crippen MR) is 97.6 cm³/mol. The molecule has 2 heterocycles. The molecule has 1 aromatic rings. The highest BCUT2D eigenvalue weighted by atomic mass is 32.2. The van der Waals surface area contributed by atoms with Crippen molar-refractivity contribution in [1.29, 1.82) is 0 Å². The van der Waals surface area contributed by atoms with E-state index in [4.69, 9.17) is 15.2 Å². The van der Waals surface area contributed by atoms with E-state index in [1.54, 1.807) is 12.0 Å². The average Bonchev–Trinajstić information content (AvgIpc) is 3.26. The summed E-state index contributed by atoms with van der Waals surface area (Å²) in [4.78, 5) is 14.7. The zero-order chi connectivity index (χ0) is 18.7. The van der Waals surface area contributed by atoms with Crippen molar-refractivity contribution in [3.05, 3.63) is 29.8 Å². The third-order valence-electron chi connectivity index (χ3n) is 5.09. The van der Waals surface area contributed by atoms with Crippen molar-refractivity contribution in [2.75, 3.05) is 25.2 Å². The van der Waals surface area contributed by atoms with Crippen LogP contribution in [0.3, 0.4) is 0 Å². The molecular weight excluding hydrogens is 356 g/mol. The van der Waals surface area contributed by atoms with Gasteiger partial charge < -0.3 is 20.1 Å². The van der Waals surface area contributed by atoms with Gasteiger partial charge in [0.1, 0.15) is 11.9 Å². The third kappa shape index (κ3) is 4.36. The standard InChI is InChI=1S/C18H26N2O5S/c1-24-15-4-2-13(3-5-15)11-20(14-8-9-26(22,23)12-14)18(21)17-7-6-16(10-19)25-17/h2-5,14,16-17H,6-12,19H2,1H3/t14?,16-,17+/m1/s1. The van der Waals surface area contributed by atoms with Crippen LogP contribution in [0.5, 0.6) is 5.75 Å². The van der Waals surface area contributed by atoms with E-state index in [1.807, 2.05) is 24.3 Å². The number of rotatable bonds is 6. The second-order valence-electron chi connectivity index (χ2n) is 6.93. The summed E-state index contributed by atoms with van der Waals surface area (Å²) in [6.07, 6.45) is 1.21. The van der Waals surface area contributed by atoms with Crippen molar-refractivity contribution >= 4 is 15.7 Å². The van der Waals surface area contributed by atoms with E-state index in [0.717, 1.165) is 17.7 Å². The molecule has 1 unspecified atom stereocenters. The first-order chi connectivity index (χ1) is 12.4. The monoisotopic (exact) mass is 382 g/mol. The molecule has 1 amide bonds. The van der Waals surface area contributed by atoms with E-state index in [0.29, 0.717) is 25.9 Å². The Morgan fingerprint density at radius 1 is 1.27 bits per heavy atom. The SMILES string of the molecule is COc1ccc(CN(C(=O)[C@@H]2CC[C@H](CN)O2)C2CCS(=O)(=O)C2)cc1. The van der Waals surface area contributed by atoms with Crippen LogP contribution in [-0.2, 0) is 25.9 Å². The number of nitrogens with two attached hydrogens (primary N) is 1. The highest BCUT2D eigenvalue weighted by Crippen LogP contribution is 2.26. The quantitative estimate of drug-likeness (QED) is 0.778. The van der Waals surface area contributed by atoms with E-state index in [9.17, 15) is 13.2 Å². The summed E-state index contributed by atoms with van der Waals surface area (Å²) >= 11 is 0. The number of methoxy groups -OCH3 is 1. The molecule has 144 valence electrons. The number of ether oxygens (including phenoxy) is 2. The molecule has 8 heteroatoms. The fourth-order valence-electron chi connectivity index (χ4n) is 3.58. The van der Waals surface area contributed by atoms with Crippen LogP contribution in [0.4, 0.5) is 0 Å². The summed E-state index contributed by atoms with van der Waals surface area (Å²) in [5, 5.41) is 0. The lowest BCUT2D eigenvalue weighted by atomic mass is 10.1. The van der Waals surface area contributed by atoms with Crippen LogP contribution in [0.15, 0.2) is 24.3 Å². The van der Waals surface area contributed by atoms with Gasteiger partial charge in [0.25, 0.3) is 5.91 Å². The molecule has 2 aliphatic heterocycles. The second kappa shape index (κ2) is 7.94. The molecule has 2 fully saturated rings. The molecule has 3 atom stereocenters. The Bertz CT molecular complexity index is 734. The van der Waals surface area contributed by atoms with Crippen LogP contribution >= 0.6 is 0 Å². The lowest BCUT2D eigenvalue weighted by molar-refractivity contribution is -0.145. The van der Waals surface area contributed by atoms with Gasteiger partial charge in [0.05, 0.1) is 24.7 Å². The molecule has 3 rings (SSSR count). The maximum atomic E-state index is 13.1. The molecule has 1 aromatic carbocycles. The number of nitrogens with zero attached hydrogens (tertiary/aromatic N) is 1. The van der Waals surface area contributed by atoms with E-state index >= 15 is 0 Å². The van der Waals surface area contributed by atoms with Gasteiger partial charge in [-0.1, -0.05) is 12.1 Å². The maximum Gasteiger partial charge on any atom is 0.252 e. The molecule has 0 bridgehead atoms. The normalized spacial score (nSPS) is 27.4. The van der Waals surface area contributed by atoms with Crippen molar-refractivity contribution in [2.45, 2.75) is 44.1 Å². The Morgan fingerprint density at radius 3 is 2.54 bits per heavy atom. The molecule has 0 radical (unpaired) electrons. The van der Waals surface area contributed by atoms with Crippen molar-refractivity contribution in [3.63, 3.8) is 0 Å². The van der Waals surface area contributed by atoms with Gasteiger partial charge in [-0.15, -0.1) is 0 Å². The Kier molecular flexibility index (Phi) is 5.84. The number of benzene rings is 1. The van der Waals surface area contributed by atoms with Gasteiger partial charge in [0, 0.05) is 19.1 Å². The largest absolute Gasteiger partial charge is 0.497 e. The van der Waals surface area contributed by atoms with Crippen molar-refractivity contribution in [2.24, 2.45) is 5.73 Å². The van der Waals surface area contributed by atoms with Gasteiger partial charge in [0.15, 0.2) is 9.84 Å². The van der Waals surface area contributed by atoms with Gasteiger partial charge in [-0.2, -0.15) is 0 Å². The fraction of sp³-hybridized carbons (Fsp3) is 0.611. The average molecular weight is 382 g/mol. The Balaban J connectivity index is 1.78. The van der Waals surface area contributed by atoms with Gasteiger partial charge in [-0.05, 0) is 37.0 Å². The number of hydrogen-bond acceptors (Lipinski definition) is 6. The van der Waals surface area contributed by atoms with Gasteiger partial charge >= 0.3 is 0 Å². The summed E-state index contributed by atoms with van der Waals surface area (Å²) in [5.74, 6) is 0.738. The highest BCUT2D eigenvalue weighted by Gasteiger charge is 2.39. The summed E-state index contributed by atoms with van der Waals surface area (Å²) in [6.45, 7) is 0.746. The first-order valence-electron chi connectivity index (χ1n) is 8.91. The zero-order valence-electron chi connectivity index (χ0n) is 15.0. The molecule has 0 spiro atoms. The van der Waals surface area contributed by atoms with E-state index in [1.165, 1.54) is 0 Å². The molecule has 2 N–H and O–H groups in total. The Morgan fingerprint density at radius 2 is 2.00 bits per heavy atom. The summed E-state index contributed by atoms with van der Waals surface area (Å²) in [6, 6.07) is 7.14. The number of sulfone groups is 1. The van der Waals surface area contributed by atoms with Crippen LogP contribution in [-0.4, -0.2) is 62.6 Å². The number of carbonyl (C=O) groups excluding carboxylic acids is 1. The summed E-state index contributed by atoms with van der Waals surface area (Å²) in [7, 11) is -1.49. The number of carbonyl (C=O) groups is 1. The summed E-state index contributed by atoms with van der Waals surface area (Å²) < 4.78 is 34.8. The van der Waals surface area contributed by atoms with Crippen molar-refractivity contribution < 1.29 is 22.7 Å². The van der Waals surface area contributed by atoms with E-state index in [2.05, 4.69) is 0 Å². The van der Waals surface area contributed by atoms with Crippen molar-refractivity contribution in [3.8, 4) is 5.75 Å². The molecule has 2 aliphatic rings. The maximum absolute atomic E-state index is 13.1. The molecule has 2 saturated heterocycles. The van der Waals surface area contributed by atoms with Crippen LogP contribution in [0.25, 0.3) is 0 Å². The third-order valence-corrected chi connectivity index (χ3v) is 6.84. The van der Waals surface area contributed by atoms with Gasteiger partial charge in [0.2, 0.25) is 0 Å². The summed E-state index contributed by atoms with van der Waals surface area (Å²) in [5.41, 5.74) is 6.57. The van der Waals surface area contributed by atoms with Crippen LogP contribution in [0, 0.1) is 0 Å². The smallest absolute Gasteiger partial charge is 0.252 e. The molecule has 0 aliphatic carbocycles. The second-order valence-corrected chi connectivity index (χ2v) is 9.16. The van der Waals surface area contributed by atoms with E-state index < -0.39 is 15.9 Å². The van der Waals surface area contributed by atoms with Gasteiger partial charge in [-0.3, -0.25) is 4.79 Å². The molecule has 0 saturated carbocycles. The fourth-order valence-corrected chi connectivity index (χ4v) is 5.31. The lowest BCUT2D eigenvalue weighted by Crippen LogP contribution is -2.46. The van der Waals surface area contributed by atoms with Crippen LogP contribution in [0.1, 0.15) is 24.8 Å². The zero-order valence-corrected chi connectivity index (χ0v) is 15.8. The first kappa shape index (κ1) is 19.1. The van der Waals surface area contributed by atoms with E-state index in [-0.39, 0.29) is 29.6 Å². The molecule has 26 heavy (non-hydrogen) atoms. The molecule has 7 nitrogen and oxygen atoms in total. The minimum Gasteiger partial charge on any atom is -0.497 e. The van der Waals surface area contributed by atoms with Gasteiger partial charge in [-0.25, -0.2) is 8.42 Å². The minimum absolute atomic E-state index is 0.0158. The Labute approximate surface area is 154 Å². The number of hydrogen-bond donors (Lipinski definition) is 1. The lowest BCUT2D eigenvalue weighted by Gasteiger charge is -2.30. The molecular formula is C18H26N2O5S. The molecule has 0 aromatic heterocycles. The highest BCUT2D eigenvalue weighted by molar-refractivity contribution is 7.91. The van der Waals surface area contributed by atoms with Crippen LogP contribution in [0.2, 0.25) is 0 Å². The predicted octanol–water partition coefficient (Wildman–Crippen LogP) is 0.717. The topological polar surface area (TPSA) is 98.9 Å². The minimum atomic E-state index is -3.09. The Hall–Kier alpha value is -1.64. The van der Waals surface area contributed by atoms with Crippen molar-refractivity contribution in [1.82, 2.24) is 4.90 Å².